The summed E-state index contributed by atoms with van der Waals surface area (Å²) < 4.78 is 31.5. The van der Waals surface area contributed by atoms with Gasteiger partial charge in [-0.15, -0.1) is 0 Å². The van der Waals surface area contributed by atoms with Crippen molar-refractivity contribution in [3.63, 3.8) is 0 Å². The van der Waals surface area contributed by atoms with Crippen LogP contribution in [0.1, 0.15) is 38.7 Å². The van der Waals surface area contributed by atoms with Crippen LogP contribution in [0.3, 0.4) is 0 Å². The number of sulfonamides is 1. The molecule has 0 aliphatic carbocycles. The number of carbonyl (C=O) groups is 2. The molecule has 0 radical (unpaired) electrons. The average Bonchev–Trinajstić information content (AvgIpc) is 2.82. The van der Waals surface area contributed by atoms with Crippen molar-refractivity contribution in [2.75, 3.05) is 30.8 Å². The Hall–Kier alpha value is -2.78. The normalized spacial score (nSPS) is 12.0. The van der Waals surface area contributed by atoms with Crippen molar-refractivity contribution in [3.8, 4) is 5.75 Å². The number of hydrogen-bond acceptors (Lipinski definition) is 5. The first-order valence-electron chi connectivity index (χ1n) is 11.5. The molecule has 0 heterocycles. The highest BCUT2D eigenvalue weighted by Gasteiger charge is 2.31. The molecule has 0 unspecified atom stereocenters. The first-order chi connectivity index (χ1) is 16.6. The lowest BCUT2D eigenvalue weighted by molar-refractivity contribution is -0.140. The number of amides is 2. The molecular weight excluding hydrogens is 490 g/mol. The maximum Gasteiger partial charge on any atom is 0.244 e. The summed E-state index contributed by atoms with van der Waals surface area (Å²) in [5, 5.41) is 3.11. The smallest absolute Gasteiger partial charge is 0.244 e. The summed E-state index contributed by atoms with van der Waals surface area (Å²) in [5.74, 6) is -0.372. The fourth-order valence-corrected chi connectivity index (χ4v) is 4.72. The van der Waals surface area contributed by atoms with Gasteiger partial charge in [-0.25, -0.2) is 8.42 Å². The Bertz CT molecular complexity index is 1100. The van der Waals surface area contributed by atoms with E-state index in [2.05, 4.69) is 5.32 Å². The van der Waals surface area contributed by atoms with Gasteiger partial charge in [0.25, 0.3) is 0 Å². The first-order valence-corrected chi connectivity index (χ1v) is 13.8. The van der Waals surface area contributed by atoms with Crippen molar-refractivity contribution >= 4 is 39.1 Å². The van der Waals surface area contributed by atoms with Gasteiger partial charge in [-0.1, -0.05) is 62.2 Å². The summed E-state index contributed by atoms with van der Waals surface area (Å²) in [7, 11) is -2.39. The molecule has 0 aromatic heterocycles. The van der Waals surface area contributed by atoms with E-state index in [9.17, 15) is 18.0 Å². The number of rotatable bonds is 13. The van der Waals surface area contributed by atoms with Crippen molar-refractivity contribution < 1.29 is 22.7 Å². The lowest BCUT2D eigenvalue weighted by Crippen LogP contribution is -2.52. The number of nitrogens with zero attached hydrogens (tertiary/aromatic N) is 2. The van der Waals surface area contributed by atoms with E-state index in [0.29, 0.717) is 18.7 Å². The molecule has 0 saturated carbocycles. The average molecular weight is 524 g/mol. The van der Waals surface area contributed by atoms with Gasteiger partial charge in [0, 0.05) is 13.1 Å². The number of carbonyl (C=O) groups excluding carboxylic acids is 2. The Morgan fingerprint density at radius 3 is 2.34 bits per heavy atom. The Morgan fingerprint density at radius 1 is 1.11 bits per heavy atom. The van der Waals surface area contributed by atoms with E-state index in [1.165, 1.54) is 30.2 Å². The van der Waals surface area contributed by atoms with Crippen LogP contribution in [-0.2, 0) is 26.2 Å². The van der Waals surface area contributed by atoms with E-state index >= 15 is 0 Å². The molecule has 0 bridgehead atoms. The molecule has 0 aliphatic heterocycles. The minimum atomic E-state index is -3.84. The summed E-state index contributed by atoms with van der Waals surface area (Å²) in [6, 6.07) is 13.0. The van der Waals surface area contributed by atoms with E-state index in [4.69, 9.17) is 16.3 Å². The standard InChI is InChI=1S/C25H34ClN3O5S/c1-5-7-15-27-25(31)22(6-2)28(17-19-11-9-8-10-12-19)24(30)18-29(35(4,32)33)20-13-14-23(34-3)21(26)16-20/h8-14,16,22H,5-7,15,17-18H2,1-4H3,(H,27,31)/t22-/m0/s1. The summed E-state index contributed by atoms with van der Waals surface area (Å²) in [6.07, 6.45) is 3.16. The van der Waals surface area contributed by atoms with Gasteiger partial charge in [0.2, 0.25) is 21.8 Å². The number of methoxy groups -OCH3 is 1. The maximum atomic E-state index is 13.6. The number of hydrogen-bond donors (Lipinski definition) is 1. The third kappa shape index (κ3) is 8.14. The predicted molar refractivity (Wildman–Crippen MR) is 139 cm³/mol. The Balaban J connectivity index is 2.40. The van der Waals surface area contributed by atoms with E-state index in [-0.39, 0.29) is 23.2 Å². The quantitative estimate of drug-likeness (QED) is 0.402. The number of benzene rings is 2. The highest BCUT2D eigenvalue weighted by molar-refractivity contribution is 7.92. The van der Waals surface area contributed by atoms with Crippen molar-refractivity contribution in [2.45, 2.75) is 45.7 Å². The Morgan fingerprint density at radius 2 is 1.80 bits per heavy atom. The van der Waals surface area contributed by atoms with Crippen LogP contribution < -0.4 is 14.4 Å². The Labute approximate surface area is 213 Å². The number of ether oxygens (including phenoxy) is 1. The van der Waals surface area contributed by atoms with Crippen molar-refractivity contribution in [1.29, 1.82) is 0 Å². The molecule has 10 heteroatoms. The van der Waals surface area contributed by atoms with Gasteiger partial charge in [-0.3, -0.25) is 13.9 Å². The third-order valence-electron chi connectivity index (χ3n) is 5.51. The lowest BCUT2D eigenvalue weighted by Gasteiger charge is -2.33. The SMILES string of the molecule is CCCCNC(=O)[C@H](CC)N(Cc1ccccc1)C(=O)CN(c1ccc(OC)c(Cl)c1)S(C)(=O)=O. The second kappa shape index (κ2) is 13.3. The second-order valence-electron chi connectivity index (χ2n) is 8.16. The highest BCUT2D eigenvalue weighted by atomic mass is 35.5. The van der Waals surface area contributed by atoms with E-state index in [0.717, 1.165) is 29.0 Å². The maximum absolute atomic E-state index is 13.6. The number of halogens is 1. The fraction of sp³-hybridized carbons (Fsp3) is 0.440. The highest BCUT2D eigenvalue weighted by Crippen LogP contribution is 2.30. The molecule has 2 amide bonds. The van der Waals surface area contributed by atoms with Gasteiger partial charge in [-0.2, -0.15) is 0 Å². The topological polar surface area (TPSA) is 96.0 Å². The molecule has 1 N–H and O–H groups in total. The summed E-state index contributed by atoms with van der Waals surface area (Å²) in [4.78, 5) is 28.0. The minimum absolute atomic E-state index is 0.167. The van der Waals surface area contributed by atoms with Crippen molar-refractivity contribution in [3.05, 3.63) is 59.1 Å². The zero-order valence-electron chi connectivity index (χ0n) is 20.7. The molecule has 0 saturated heterocycles. The van der Waals surface area contributed by atoms with Gasteiger partial charge < -0.3 is 15.0 Å². The number of anilines is 1. The number of nitrogens with one attached hydrogen (secondary N) is 1. The molecule has 192 valence electrons. The fourth-order valence-electron chi connectivity index (χ4n) is 3.63. The molecule has 8 nitrogen and oxygen atoms in total. The van der Waals surface area contributed by atoms with Crippen LogP contribution >= 0.6 is 11.6 Å². The van der Waals surface area contributed by atoms with Crippen LogP contribution in [0.5, 0.6) is 5.75 Å². The molecule has 2 aromatic carbocycles. The van der Waals surface area contributed by atoms with Crippen LogP contribution in [0.2, 0.25) is 5.02 Å². The summed E-state index contributed by atoms with van der Waals surface area (Å²) in [6.45, 7) is 4.05. The molecule has 2 aromatic rings. The minimum Gasteiger partial charge on any atom is -0.495 e. The van der Waals surface area contributed by atoms with E-state index in [1.807, 2.05) is 44.2 Å². The Kier molecular flexibility index (Phi) is 10.9. The zero-order valence-corrected chi connectivity index (χ0v) is 22.2. The summed E-state index contributed by atoms with van der Waals surface area (Å²) >= 11 is 6.21. The molecule has 0 aliphatic rings. The predicted octanol–water partition coefficient (Wildman–Crippen LogP) is 3.84. The second-order valence-corrected chi connectivity index (χ2v) is 10.5. The largest absolute Gasteiger partial charge is 0.495 e. The monoisotopic (exact) mass is 523 g/mol. The van der Waals surface area contributed by atoms with E-state index < -0.39 is 28.5 Å². The van der Waals surface area contributed by atoms with Gasteiger partial charge in [0.05, 0.1) is 24.1 Å². The molecule has 35 heavy (non-hydrogen) atoms. The van der Waals surface area contributed by atoms with Gasteiger partial charge >= 0.3 is 0 Å². The van der Waals surface area contributed by atoms with Crippen LogP contribution in [0.4, 0.5) is 5.69 Å². The van der Waals surface area contributed by atoms with Crippen molar-refractivity contribution in [2.24, 2.45) is 0 Å². The first kappa shape index (κ1) is 28.5. The summed E-state index contributed by atoms with van der Waals surface area (Å²) in [5.41, 5.74) is 1.06. The molecule has 0 spiro atoms. The van der Waals surface area contributed by atoms with Gasteiger partial charge in [-0.05, 0) is 36.6 Å². The van der Waals surface area contributed by atoms with Crippen molar-refractivity contribution in [1.82, 2.24) is 10.2 Å². The van der Waals surface area contributed by atoms with Gasteiger partial charge in [0.15, 0.2) is 0 Å². The van der Waals surface area contributed by atoms with Gasteiger partial charge in [0.1, 0.15) is 18.3 Å². The molecule has 1 atom stereocenters. The zero-order chi connectivity index (χ0) is 26.0. The molecule has 0 fully saturated rings. The van der Waals surface area contributed by atoms with Crippen LogP contribution in [-0.4, -0.2) is 57.6 Å². The lowest BCUT2D eigenvalue weighted by atomic mass is 10.1. The van der Waals surface area contributed by atoms with Crippen LogP contribution in [0.15, 0.2) is 48.5 Å². The number of unbranched alkanes of at least 4 members (excludes halogenated alkanes) is 1. The van der Waals surface area contributed by atoms with E-state index in [1.54, 1.807) is 0 Å². The third-order valence-corrected chi connectivity index (χ3v) is 6.95. The molecule has 2 rings (SSSR count). The van der Waals surface area contributed by atoms with Crippen LogP contribution in [0.25, 0.3) is 0 Å². The van der Waals surface area contributed by atoms with Crippen LogP contribution in [0, 0.1) is 0 Å². The molecular formula is C25H34ClN3O5S.